The molecule has 0 fully saturated rings. The van der Waals surface area contributed by atoms with Gasteiger partial charge in [0.05, 0.1) is 5.56 Å². The van der Waals surface area contributed by atoms with Crippen molar-refractivity contribution in [2.24, 2.45) is 0 Å². The van der Waals surface area contributed by atoms with Gasteiger partial charge in [-0.2, -0.15) is 0 Å². The number of ketones is 1. The summed E-state index contributed by atoms with van der Waals surface area (Å²) < 4.78 is 17.2. The third-order valence-electron chi connectivity index (χ3n) is 3.63. The van der Waals surface area contributed by atoms with Gasteiger partial charge in [0.2, 0.25) is 6.79 Å². The van der Waals surface area contributed by atoms with E-state index >= 15 is 0 Å². The summed E-state index contributed by atoms with van der Waals surface area (Å²) in [6, 6.07) is 11.0. The van der Waals surface area contributed by atoms with Crippen molar-refractivity contribution in [3.05, 3.63) is 57.6 Å². The minimum Gasteiger partial charge on any atom is -0.488 e. The zero-order valence-electron chi connectivity index (χ0n) is 11.5. The average molecular weight is 359 g/mol. The van der Waals surface area contributed by atoms with E-state index in [1.54, 1.807) is 12.1 Å². The molecule has 5 heteroatoms. The van der Waals surface area contributed by atoms with Gasteiger partial charge in [-0.3, -0.25) is 4.79 Å². The molecule has 4 rings (SSSR count). The van der Waals surface area contributed by atoms with Crippen molar-refractivity contribution in [3.8, 4) is 17.2 Å². The Balaban J connectivity index is 1.74. The minimum atomic E-state index is -0.00795. The number of benzene rings is 2. The molecule has 0 N–H and O–H groups in total. The fourth-order valence-corrected chi connectivity index (χ4v) is 2.95. The first kappa shape index (κ1) is 13.4. The van der Waals surface area contributed by atoms with Gasteiger partial charge < -0.3 is 14.2 Å². The highest BCUT2D eigenvalue weighted by Crippen LogP contribution is 2.38. The molecule has 0 aliphatic carbocycles. The molecule has 0 atom stereocenters. The second kappa shape index (κ2) is 5.18. The predicted molar refractivity (Wildman–Crippen MR) is 84.5 cm³/mol. The van der Waals surface area contributed by atoms with Gasteiger partial charge in [0.25, 0.3) is 0 Å². The number of rotatable bonds is 1. The summed E-state index contributed by atoms with van der Waals surface area (Å²) >= 11 is 3.50. The topological polar surface area (TPSA) is 44.8 Å². The molecule has 0 amide bonds. The summed E-state index contributed by atoms with van der Waals surface area (Å²) in [5.74, 6) is 2.01. The lowest BCUT2D eigenvalue weighted by atomic mass is 9.98. The van der Waals surface area contributed by atoms with Gasteiger partial charge in [-0.15, -0.1) is 0 Å². The highest BCUT2D eigenvalue weighted by atomic mass is 79.9. The van der Waals surface area contributed by atoms with E-state index in [0.29, 0.717) is 28.4 Å². The predicted octanol–water partition coefficient (Wildman–Crippen LogP) is 3.84. The van der Waals surface area contributed by atoms with E-state index in [-0.39, 0.29) is 19.2 Å². The smallest absolute Gasteiger partial charge is 0.231 e. The minimum absolute atomic E-state index is 0.00795. The molecule has 2 aromatic rings. The first-order valence-corrected chi connectivity index (χ1v) is 7.58. The largest absolute Gasteiger partial charge is 0.488 e. The van der Waals surface area contributed by atoms with E-state index in [1.165, 1.54) is 0 Å². The number of halogens is 1. The maximum atomic E-state index is 12.5. The van der Waals surface area contributed by atoms with Crippen LogP contribution in [0.2, 0.25) is 0 Å². The third-order valence-corrected chi connectivity index (χ3v) is 4.31. The standard InChI is InChI=1S/C17H11BrO4/c18-13-7-16-15(21-9-22-16)6-10(13)5-11-8-20-14-4-2-1-3-12(14)17(11)19/h1-7H,8-9H2/b11-5+. The molecule has 22 heavy (non-hydrogen) atoms. The fourth-order valence-electron chi connectivity index (χ4n) is 2.51. The van der Waals surface area contributed by atoms with Gasteiger partial charge in [-0.05, 0) is 35.9 Å². The van der Waals surface area contributed by atoms with Crippen LogP contribution in [0.3, 0.4) is 0 Å². The Labute approximate surface area is 135 Å². The maximum absolute atomic E-state index is 12.5. The number of carbonyl (C=O) groups excluding carboxylic acids is 1. The van der Waals surface area contributed by atoms with Crippen molar-refractivity contribution in [2.75, 3.05) is 13.4 Å². The van der Waals surface area contributed by atoms with Crippen LogP contribution < -0.4 is 14.2 Å². The number of fused-ring (bicyclic) bond motifs is 2. The molecule has 2 aliphatic rings. The van der Waals surface area contributed by atoms with Crippen LogP contribution in [0, 0.1) is 0 Å². The molecule has 0 saturated carbocycles. The third kappa shape index (κ3) is 2.18. The van der Waals surface area contributed by atoms with Crippen molar-refractivity contribution in [1.29, 1.82) is 0 Å². The van der Waals surface area contributed by atoms with Crippen molar-refractivity contribution in [1.82, 2.24) is 0 Å². The van der Waals surface area contributed by atoms with E-state index in [4.69, 9.17) is 14.2 Å². The number of carbonyl (C=O) groups is 1. The summed E-state index contributed by atoms with van der Waals surface area (Å²) in [7, 11) is 0. The Morgan fingerprint density at radius 3 is 2.64 bits per heavy atom. The van der Waals surface area contributed by atoms with Gasteiger partial charge in [-0.1, -0.05) is 28.1 Å². The summed E-state index contributed by atoms with van der Waals surface area (Å²) in [6.45, 7) is 0.480. The first-order valence-electron chi connectivity index (χ1n) is 6.78. The SMILES string of the molecule is O=C1/C(=C/c2cc3c(cc2Br)OCO3)COc2ccccc21. The van der Waals surface area contributed by atoms with E-state index in [2.05, 4.69) is 15.9 Å². The molecule has 2 aromatic carbocycles. The van der Waals surface area contributed by atoms with Crippen LogP contribution in [-0.2, 0) is 0 Å². The van der Waals surface area contributed by atoms with Gasteiger partial charge >= 0.3 is 0 Å². The van der Waals surface area contributed by atoms with E-state index in [9.17, 15) is 4.79 Å². The van der Waals surface area contributed by atoms with Gasteiger partial charge in [0.15, 0.2) is 17.3 Å². The summed E-state index contributed by atoms with van der Waals surface area (Å²) in [5, 5.41) is 0. The molecule has 0 bridgehead atoms. The van der Waals surface area contributed by atoms with Crippen LogP contribution in [-0.4, -0.2) is 19.2 Å². The van der Waals surface area contributed by atoms with Crippen molar-refractivity contribution >= 4 is 27.8 Å². The number of para-hydroxylation sites is 1. The lowest BCUT2D eigenvalue weighted by Gasteiger charge is -2.18. The maximum Gasteiger partial charge on any atom is 0.231 e. The van der Waals surface area contributed by atoms with Gasteiger partial charge in [-0.25, -0.2) is 0 Å². The lowest BCUT2D eigenvalue weighted by molar-refractivity contribution is 0.100. The van der Waals surface area contributed by atoms with Crippen LogP contribution in [0.1, 0.15) is 15.9 Å². The first-order chi connectivity index (χ1) is 10.7. The number of hydrogen-bond acceptors (Lipinski definition) is 4. The normalized spacial score (nSPS) is 17.3. The highest BCUT2D eigenvalue weighted by Gasteiger charge is 2.23. The van der Waals surface area contributed by atoms with Crippen molar-refractivity contribution in [2.45, 2.75) is 0 Å². The summed E-state index contributed by atoms with van der Waals surface area (Å²) in [4.78, 5) is 12.5. The Kier molecular flexibility index (Phi) is 3.15. The van der Waals surface area contributed by atoms with Gasteiger partial charge in [0, 0.05) is 10.0 Å². The molecular weight excluding hydrogens is 348 g/mol. The van der Waals surface area contributed by atoms with Crippen LogP contribution in [0.15, 0.2) is 46.4 Å². The van der Waals surface area contributed by atoms with Crippen LogP contribution >= 0.6 is 15.9 Å². The van der Waals surface area contributed by atoms with Crippen molar-refractivity contribution < 1.29 is 19.0 Å². The van der Waals surface area contributed by atoms with Crippen LogP contribution in [0.5, 0.6) is 17.2 Å². The van der Waals surface area contributed by atoms with Crippen molar-refractivity contribution in [3.63, 3.8) is 0 Å². The zero-order valence-corrected chi connectivity index (χ0v) is 13.1. The zero-order chi connectivity index (χ0) is 15.1. The fraction of sp³-hybridized carbons (Fsp3) is 0.118. The molecular formula is C17H11BrO4. The van der Waals surface area contributed by atoms with E-state index in [1.807, 2.05) is 30.3 Å². The second-order valence-corrected chi connectivity index (χ2v) is 5.86. The van der Waals surface area contributed by atoms with Gasteiger partial charge in [0.1, 0.15) is 12.4 Å². The molecule has 2 aliphatic heterocycles. The molecule has 0 unspecified atom stereocenters. The number of hydrogen-bond donors (Lipinski definition) is 0. The van der Waals surface area contributed by atoms with E-state index < -0.39 is 0 Å². The van der Waals surface area contributed by atoms with Crippen LogP contribution in [0.25, 0.3) is 6.08 Å². The summed E-state index contributed by atoms with van der Waals surface area (Å²) in [6.07, 6.45) is 1.82. The Morgan fingerprint density at radius 1 is 1.00 bits per heavy atom. The molecule has 110 valence electrons. The molecule has 0 radical (unpaired) electrons. The number of Topliss-reactive ketones (excluding diaryl/α,β-unsaturated/α-hetero) is 1. The Bertz CT molecular complexity index is 810. The van der Waals surface area contributed by atoms with Crippen LogP contribution in [0.4, 0.5) is 0 Å². The summed E-state index contributed by atoms with van der Waals surface area (Å²) in [5.41, 5.74) is 2.06. The van der Waals surface area contributed by atoms with E-state index in [0.717, 1.165) is 10.0 Å². The Hall–Kier alpha value is -2.27. The monoisotopic (exact) mass is 358 g/mol. The average Bonchev–Trinajstić information content (AvgIpc) is 2.97. The highest BCUT2D eigenvalue weighted by molar-refractivity contribution is 9.10. The quantitative estimate of drug-likeness (QED) is 0.726. The molecule has 0 aromatic heterocycles. The second-order valence-electron chi connectivity index (χ2n) is 5.01. The number of ether oxygens (including phenoxy) is 3. The Morgan fingerprint density at radius 2 is 1.77 bits per heavy atom. The molecule has 0 saturated heterocycles. The lowest BCUT2D eigenvalue weighted by Crippen LogP contribution is -2.18. The molecule has 0 spiro atoms. The molecule has 4 nitrogen and oxygen atoms in total. The molecule has 2 heterocycles.